The number of hydrogen-bond donors (Lipinski definition) is 2. The molecule has 0 amide bonds. The second-order valence-corrected chi connectivity index (χ2v) is 5.31. The SMILES string of the molecule is OC(CNCCC1=CCCCC1)COCc1ccco1. The van der Waals surface area contributed by atoms with Gasteiger partial charge in [-0.25, -0.2) is 0 Å². The van der Waals surface area contributed by atoms with Gasteiger partial charge >= 0.3 is 0 Å². The molecule has 1 aromatic heterocycles. The van der Waals surface area contributed by atoms with Crippen molar-refractivity contribution in [3.8, 4) is 0 Å². The number of aliphatic hydroxyl groups excluding tert-OH is 1. The summed E-state index contributed by atoms with van der Waals surface area (Å²) in [5, 5.41) is 13.1. The van der Waals surface area contributed by atoms with Crippen molar-refractivity contribution in [1.29, 1.82) is 0 Å². The fraction of sp³-hybridized carbons (Fsp3) is 0.625. The van der Waals surface area contributed by atoms with E-state index in [9.17, 15) is 5.11 Å². The van der Waals surface area contributed by atoms with Crippen LogP contribution in [0.5, 0.6) is 0 Å². The van der Waals surface area contributed by atoms with Crippen LogP contribution in [0.15, 0.2) is 34.5 Å². The van der Waals surface area contributed by atoms with Gasteiger partial charge in [-0.15, -0.1) is 0 Å². The molecule has 0 aliphatic heterocycles. The highest BCUT2D eigenvalue weighted by molar-refractivity contribution is 5.05. The Morgan fingerprint density at radius 1 is 1.40 bits per heavy atom. The van der Waals surface area contributed by atoms with Crippen LogP contribution in [0.3, 0.4) is 0 Å². The third-order valence-electron chi connectivity index (χ3n) is 3.52. The Labute approximate surface area is 120 Å². The van der Waals surface area contributed by atoms with E-state index in [-0.39, 0.29) is 0 Å². The molecular formula is C16H25NO3. The number of aliphatic hydroxyl groups is 1. The molecule has 1 aromatic rings. The summed E-state index contributed by atoms with van der Waals surface area (Å²) in [6, 6.07) is 3.69. The number of hydrogen-bond acceptors (Lipinski definition) is 4. The Kier molecular flexibility index (Phi) is 6.84. The molecule has 0 aromatic carbocycles. The van der Waals surface area contributed by atoms with Crippen LogP contribution >= 0.6 is 0 Å². The average Bonchev–Trinajstić information content (AvgIpc) is 2.98. The third kappa shape index (κ3) is 5.90. The Morgan fingerprint density at radius 3 is 3.10 bits per heavy atom. The van der Waals surface area contributed by atoms with Crippen LogP contribution in [0, 0.1) is 0 Å². The molecule has 1 heterocycles. The molecule has 2 rings (SSSR count). The summed E-state index contributed by atoms with van der Waals surface area (Å²) in [5.41, 5.74) is 1.56. The van der Waals surface area contributed by atoms with Gasteiger partial charge in [0.1, 0.15) is 12.4 Å². The molecule has 2 N–H and O–H groups in total. The van der Waals surface area contributed by atoms with E-state index in [0.717, 1.165) is 18.7 Å². The zero-order valence-electron chi connectivity index (χ0n) is 12.0. The van der Waals surface area contributed by atoms with Crippen molar-refractivity contribution in [2.75, 3.05) is 19.7 Å². The molecule has 0 saturated carbocycles. The highest BCUT2D eigenvalue weighted by Gasteiger charge is 2.06. The molecule has 0 radical (unpaired) electrons. The van der Waals surface area contributed by atoms with Crippen molar-refractivity contribution in [3.05, 3.63) is 35.8 Å². The largest absolute Gasteiger partial charge is 0.467 e. The van der Waals surface area contributed by atoms with Gasteiger partial charge in [0.05, 0.1) is 19.0 Å². The third-order valence-corrected chi connectivity index (χ3v) is 3.52. The summed E-state index contributed by atoms with van der Waals surface area (Å²) in [7, 11) is 0. The van der Waals surface area contributed by atoms with Gasteiger partial charge in [0.15, 0.2) is 0 Å². The van der Waals surface area contributed by atoms with Crippen molar-refractivity contribution in [3.63, 3.8) is 0 Å². The first kappa shape index (κ1) is 15.3. The van der Waals surface area contributed by atoms with Gasteiger partial charge < -0.3 is 19.6 Å². The molecule has 4 nitrogen and oxygen atoms in total. The van der Waals surface area contributed by atoms with Crippen LogP contribution in [0.1, 0.15) is 37.9 Å². The van der Waals surface area contributed by atoms with Gasteiger partial charge in [0, 0.05) is 6.54 Å². The summed E-state index contributed by atoms with van der Waals surface area (Å²) in [6.45, 7) is 2.25. The lowest BCUT2D eigenvalue weighted by molar-refractivity contribution is 0.0228. The van der Waals surface area contributed by atoms with Crippen LogP contribution < -0.4 is 5.32 Å². The van der Waals surface area contributed by atoms with Crippen LogP contribution in [0.4, 0.5) is 0 Å². The Hall–Kier alpha value is -1.10. The number of ether oxygens (including phenoxy) is 1. The van der Waals surface area contributed by atoms with E-state index in [4.69, 9.17) is 9.15 Å². The van der Waals surface area contributed by atoms with Crippen molar-refractivity contribution in [2.24, 2.45) is 0 Å². The fourth-order valence-corrected chi connectivity index (χ4v) is 2.40. The van der Waals surface area contributed by atoms with Gasteiger partial charge in [-0.1, -0.05) is 11.6 Å². The van der Waals surface area contributed by atoms with E-state index in [0.29, 0.717) is 19.8 Å². The monoisotopic (exact) mass is 279 g/mol. The number of rotatable bonds is 9. The highest BCUT2D eigenvalue weighted by atomic mass is 16.5. The molecule has 112 valence electrons. The standard InChI is InChI=1S/C16H25NO3/c18-15(12-19-13-16-7-4-10-20-16)11-17-9-8-14-5-2-1-3-6-14/h4-5,7,10,15,17-18H,1-3,6,8-9,11-13H2. The van der Waals surface area contributed by atoms with E-state index < -0.39 is 6.10 Å². The Bertz CT molecular complexity index is 386. The summed E-state index contributed by atoms with van der Waals surface area (Å²) in [6.07, 6.45) is 9.77. The lowest BCUT2D eigenvalue weighted by atomic mass is 9.97. The predicted octanol–water partition coefficient (Wildman–Crippen LogP) is 2.64. The molecule has 0 spiro atoms. The molecule has 1 aliphatic carbocycles. The zero-order valence-corrected chi connectivity index (χ0v) is 12.0. The second-order valence-electron chi connectivity index (χ2n) is 5.31. The van der Waals surface area contributed by atoms with Crippen molar-refractivity contribution in [1.82, 2.24) is 5.32 Å². The van der Waals surface area contributed by atoms with Crippen LogP contribution in [0.25, 0.3) is 0 Å². The maximum absolute atomic E-state index is 9.78. The molecule has 0 fully saturated rings. The summed E-state index contributed by atoms with van der Waals surface area (Å²) in [5.74, 6) is 0.786. The summed E-state index contributed by atoms with van der Waals surface area (Å²) in [4.78, 5) is 0. The molecular weight excluding hydrogens is 254 g/mol. The number of furan rings is 1. The zero-order chi connectivity index (χ0) is 14.0. The Balaban J connectivity index is 1.47. The fourth-order valence-electron chi connectivity index (χ4n) is 2.40. The topological polar surface area (TPSA) is 54.6 Å². The average molecular weight is 279 g/mol. The van der Waals surface area contributed by atoms with Gasteiger partial charge in [0.2, 0.25) is 0 Å². The first-order valence-corrected chi connectivity index (χ1v) is 7.51. The highest BCUT2D eigenvalue weighted by Crippen LogP contribution is 2.19. The molecule has 1 aliphatic rings. The van der Waals surface area contributed by atoms with E-state index >= 15 is 0 Å². The minimum absolute atomic E-state index is 0.330. The van der Waals surface area contributed by atoms with Gasteiger partial charge in [-0.05, 0) is 50.8 Å². The van der Waals surface area contributed by atoms with Crippen molar-refractivity contribution < 1.29 is 14.3 Å². The number of nitrogens with one attached hydrogen (secondary N) is 1. The normalized spacial score (nSPS) is 16.9. The lowest BCUT2D eigenvalue weighted by Gasteiger charge is -2.14. The van der Waals surface area contributed by atoms with Crippen molar-refractivity contribution >= 4 is 0 Å². The molecule has 1 unspecified atom stereocenters. The van der Waals surface area contributed by atoms with Crippen LogP contribution in [0.2, 0.25) is 0 Å². The quantitative estimate of drug-likeness (QED) is 0.539. The molecule has 4 heteroatoms. The first-order chi connectivity index (χ1) is 9.84. The van der Waals surface area contributed by atoms with Gasteiger partial charge in [0.25, 0.3) is 0 Å². The van der Waals surface area contributed by atoms with Crippen LogP contribution in [-0.4, -0.2) is 30.9 Å². The van der Waals surface area contributed by atoms with E-state index in [1.165, 1.54) is 25.7 Å². The first-order valence-electron chi connectivity index (χ1n) is 7.51. The van der Waals surface area contributed by atoms with E-state index in [2.05, 4.69) is 11.4 Å². The summed E-state index contributed by atoms with van der Waals surface area (Å²) < 4.78 is 10.5. The molecule has 0 saturated heterocycles. The second kappa shape index (κ2) is 8.95. The van der Waals surface area contributed by atoms with E-state index in [1.807, 2.05) is 12.1 Å². The van der Waals surface area contributed by atoms with Gasteiger partial charge in [-0.3, -0.25) is 0 Å². The minimum Gasteiger partial charge on any atom is -0.467 e. The van der Waals surface area contributed by atoms with Crippen molar-refractivity contribution in [2.45, 2.75) is 44.8 Å². The van der Waals surface area contributed by atoms with Gasteiger partial charge in [-0.2, -0.15) is 0 Å². The smallest absolute Gasteiger partial charge is 0.129 e. The number of allylic oxidation sites excluding steroid dienone is 1. The minimum atomic E-state index is -0.467. The maximum atomic E-state index is 9.78. The lowest BCUT2D eigenvalue weighted by Crippen LogP contribution is -2.31. The molecule has 0 bridgehead atoms. The summed E-state index contributed by atoms with van der Waals surface area (Å²) >= 11 is 0. The van der Waals surface area contributed by atoms with E-state index in [1.54, 1.807) is 11.8 Å². The Morgan fingerprint density at radius 2 is 2.35 bits per heavy atom. The maximum Gasteiger partial charge on any atom is 0.129 e. The molecule has 20 heavy (non-hydrogen) atoms. The molecule has 1 atom stereocenters. The van der Waals surface area contributed by atoms with Crippen LogP contribution in [-0.2, 0) is 11.3 Å². The predicted molar refractivity (Wildman–Crippen MR) is 78.4 cm³/mol.